The summed E-state index contributed by atoms with van der Waals surface area (Å²) in [6.45, 7) is 0. The summed E-state index contributed by atoms with van der Waals surface area (Å²) in [5, 5.41) is 2.93. The Bertz CT molecular complexity index is 1380. The van der Waals surface area contributed by atoms with E-state index in [1.54, 1.807) is 42.7 Å². The van der Waals surface area contributed by atoms with Gasteiger partial charge in [-0.15, -0.1) is 0 Å². The van der Waals surface area contributed by atoms with Crippen LogP contribution in [0.5, 0.6) is 11.5 Å². The van der Waals surface area contributed by atoms with Gasteiger partial charge in [-0.05, 0) is 72.8 Å². The zero-order valence-corrected chi connectivity index (χ0v) is 17.4. The molecule has 0 saturated carbocycles. The molecule has 0 aliphatic rings. The summed E-state index contributed by atoms with van der Waals surface area (Å²) < 4.78 is 7.78. The van der Waals surface area contributed by atoms with E-state index in [1.165, 1.54) is 0 Å². The topological polar surface area (TPSA) is 69.0 Å². The predicted octanol–water partition coefficient (Wildman–Crippen LogP) is 5.68. The second kappa shape index (κ2) is 8.35. The van der Waals surface area contributed by atoms with Crippen LogP contribution in [-0.2, 0) is 7.05 Å². The molecule has 32 heavy (non-hydrogen) atoms. The van der Waals surface area contributed by atoms with E-state index in [4.69, 9.17) is 9.72 Å². The molecule has 0 saturated heterocycles. The van der Waals surface area contributed by atoms with Crippen LogP contribution in [0, 0.1) is 0 Å². The van der Waals surface area contributed by atoms with Gasteiger partial charge in [0.2, 0.25) is 0 Å². The number of para-hydroxylation sites is 2. The lowest BCUT2D eigenvalue weighted by Gasteiger charge is -2.08. The van der Waals surface area contributed by atoms with Gasteiger partial charge in [-0.1, -0.05) is 12.1 Å². The number of nitrogens with zero attached hydrogens (tertiary/aromatic N) is 3. The third-order valence-electron chi connectivity index (χ3n) is 5.17. The van der Waals surface area contributed by atoms with Gasteiger partial charge in [-0.3, -0.25) is 9.78 Å². The molecular weight excluding hydrogens is 400 g/mol. The molecule has 0 atom stereocenters. The fraction of sp³-hybridized carbons (Fsp3) is 0.0385. The number of nitrogens with one attached hydrogen (secondary N) is 1. The highest BCUT2D eigenvalue weighted by molar-refractivity contribution is 6.04. The number of aryl methyl sites for hydroxylation is 1. The first-order valence-corrected chi connectivity index (χ1v) is 10.2. The van der Waals surface area contributed by atoms with Crippen molar-refractivity contribution in [3.05, 3.63) is 103 Å². The van der Waals surface area contributed by atoms with Crippen molar-refractivity contribution < 1.29 is 9.53 Å². The summed E-state index contributed by atoms with van der Waals surface area (Å²) in [5.74, 6) is 1.98. The summed E-state index contributed by atoms with van der Waals surface area (Å²) in [7, 11) is 2.00. The van der Waals surface area contributed by atoms with Crippen LogP contribution in [0.2, 0.25) is 0 Å². The standard InChI is InChI=1S/C26H20N4O2/c1-30-24-7-3-2-6-23(24)29-25(30)18-8-12-20(13-9-18)28-26(31)19-10-14-21(15-11-19)32-22-5-4-16-27-17-22/h2-17H,1H3,(H,28,31). The van der Waals surface area contributed by atoms with Gasteiger partial charge in [0.25, 0.3) is 5.91 Å². The second-order valence-electron chi connectivity index (χ2n) is 7.33. The van der Waals surface area contributed by atoms with Gasteiger partial charge in [-0.25, -0.2) is 4.98 Å². The van der Waals surface area contributed by atoms with Crippen LogP contribution in [0.3, 0.4) is 0 Å². The van der Waals surface area contributed by atoms with E-state index in [-0.39, 0.29) is 5.91 Å². The lowest BCUT2D eigenvalue weighted by atomic mass is 10.1. The molecule has 0 bridgehead atoms. The fourth-order valence-electron chi connectivity index (χ4n) is 3.53. The van der Waals surface area contributed by atoms with Crippen molar-refractivity contribution in [3.63, 3.8) is 0 Å². The molecule has 3 aromatic carbocycles. The minimum absolute atomic E-state index is 0.187. The molecule has 0 fully saturated rings. The highest BCUT2D eigenvalue weighted by Crippen LogP contribution is 2.25. The van der Waals surface area contributed by atoms with Crippen molar-refractivity contribution in [2.24, 2.45) is 7.05 Å². The minimum Gasteiger partial charge on any atom is -0.456 e. The number of fused-ring (bicyclic) bond motifs is 1. The van der Waals surface area contributed by atoms with Crippen molar-refractivity contribution in [3.8, 4) is 22.9 Å². The summed E-state index contributed by atoms with van der Waals surface area (Å²) in [6, 6.07) is 26.3. The van der Waals surface area contributed by atoms with E-state index in [0.29, 0.717) is 22.7 Å². The van der Waals surface area contributed by atoms with Gasteiger partial charge in [0, 0.05) is 30.1 Å². The smallest absolute Gasteiger partial charge is 0.255 e. The van der Waals surface area contributed by atoms with E-state index in [0.717, 1.165) is 22.4 Å². The average Bonchev–Trinajstić information content (AvgIpc) is 3.17. The molecule has 156 valence electrons. The van der Waals surface area contributed by atoms with Crippen molar-refractivity contribution in [1.29, 1.82) is 0 Å². The van der Waals surface area contributed by atoms with Crippen LogP contribution in [0.15, 0.2) is 97.3 Å². The molecule has 0 unspecified atom stereocenters. The highest BCUT2D eigenvalue weighted by atomic mass is 16.5. The number of imidazole rings is 1. The molecule has 6 heteroatoms. The molecule has 1 amide bonds. The molecule has 2 aromatic heterocycles. The largest absolute Gasteiger partial charge is 0.456 e. The van der Waals surface area contributed by atoms with E-state index < -0.39 is 0 Å². The van der Waals surface area contributed by atoms with Crippen molar-refractivity contribution >= 4 is 22.6 Å². The number of carbonyl (C=O) groups excluding carboxylic acids is 1. The normalized spacial score (nSPS) is 10.8. The Morgan fingerprint density at radius 1 is 0.875 bits per heavy atom. The number of amides is 1. The van der Waals surface area contributed by atoms with E-state index in [1.807, 2.05) is 61.6 Å². The maximum Gasteiger partial charge on any atom is 0.255 e. The lowest BCUT2D eigenvalue weighted by molar-refractivity contribution is 0.102. The monoisotopic (exact) mass is 420 g/mol. The minimum atomic E-state index is -0.187. The Hall–Kier alpha value is -4.45. The van der Waals surface area contributed by atoms with Crippen LogP contribution >= 0.6 is 0 Å². The lowest BCUT2D eigenvalue weighted by Crippen LogP contribution is -2.11. The Kier molecular flexibility index (Phi) is 5.09. The van der Waals surface area contributed by atoms with Gasteiger partial charge < -0.3 is 14.6 Å². The van der Waals surface area contributed by atoms with Crippen molar-refractivity contribution in [2.75, 3.05) is 5.32 Å². The molecule has 0 aliphatic carbocycles. The maximum absolute atomic E-state index is 12.6. The zero-order chi connectivity index (χ0) is 21.9. The molecule has 0 spiro atoms. The van der Waals surface area contributed by atoms with Gasteiger partial charge in [0.05, 0.1) is 17.2 Å². The summed E-state index contributed by atoms with van der Waals surface area (Å²) in [6.07, 6.45) is 3.32. The van der Waals surface area contributed by atoms with Gasteiger partial charge in [-0.2, -0.15) is 0 Å². The fourth-order valence-corrected chi connectivity index (χ4v) is 3.53. The number of rotatable bonds is 5. The molecule has 6 nitrogen and oxygen atoms in total. The molecule has 0 aliphatic heterocycles. The number of hydrogen-bond donors (Lipinski definition) is 1. The van der Waals surface area contributed by atoms with Crippen LogP contribution in [-0.4, -0.2) is 20.4 Å². The van der Waals surface area contributed by atoms with Crippen LogP contribution in [0.25, 0.3) is 22.4 Å². The van der Waals surface area contributed by atoms with Gasteiger partial charge >= 0.3 is 0 Å². The SMILES string of the molecule is Cn1c(-c2ccc(NC(=O)c3ccc(Oc4cccnc4)cc3)cc2)nc2ccccc21. The zero-order valence-electron chi connectivity index (χ0n) is 17.4. The third kappa shape index (κ3) is 3.94. The average molecular weight is 420 g/mol. The van der Waals surface area contributed by atoms with Crippen molar-refractivity contribution in [2.45, 2.75) is 0 Å². The number of hydrogen-bond acceptors (Lipinski definition) is 4. The highest BCUT2D eigenvalue weighted by Gasteiger charge is 2.11. The molecular formula is C26H20N4O2. The molecule has 2 heterocycles. The summed E-state index contributed by atoms with van der Waals surface area (Å²) >= 11 is 0. The first-order valence-electron chi connectivity index (χ1n) is 10.2. The molecule has 1 N–H and O–H groups in total. The Morgan fingerprint density at radius 3 is 2.38 bits per heavy atom. The first-order chi connectivity index (χ1) is 15.7. The summed E-state index contributed by atoms with van der Waals surface area (Å²) in [4.78, 5) is 21.4. The Balaban J connectivity index is 1.28. The van der Waals surface area contributed by atoms with E-state index >= 15 is 0 Å². The number of aromatic nitrogens is 3. The van der Waals surface area contributed by atoms with Gasteiger partial charge in [0.15, 0.2) is 0 Å². The third-order valence-corrected chi connectivity index (χ3v) is 5.17. The molecule has 5 rings (SSSR count). The summed E-state index contributed by atoms with van der Waals surface area (Å²) in [5.41, 5.74) is 4.28. The maximum atomic E-state index is 12.6. The number of benzene rings is 3. The van der Waals surface area contributed by atoms with Crippen LogP contribution in [0.1, 0.15) is 10.4 Å². The number of anilines is 1. The molecule has 0 radical (unpaired) electrons. The molecule has 5 aromatic rings. The van der Waals surface area contributed by atoms with Crippen LogP contribution < -0.4 is 10.1 Å². The van der Waals surface area contributed by atoms with Gasteiger partial charge in [0.1, 0.15) is 17.3 Å². The first kappa shape index (κ1) is 19.5. The Labute approximate surface area is 185 Å². The van der Waals surface area contributed by atoms with Crippen molar-refractivity contribution in [1.82, 2.24) is 14.5 Å². The van der Waals surface area contributed by atoms with Crippen LogP contribution in [0.4, 0.5) is 5.69 Å². The number of ether oxygens (including phenoxy) is 1. The number of carbonyl (C=O) groups is 1. The predicted molar refractivity (Wildman–Crippen MR) is 125 cm³/mol. The quantitative estimate of drug-likeness (QED) is 0.397. The Morgan fingerprint density at radius 2 is 1.66 bits per heavy atom. The second-order valence-corrected chi connectivity index (χ2v) is 7.33. The number of pyridine rings is 1. The van der Waals surface area contributed by atoms with E-state index in [9.17, 15) is 4.79 Å². The van der Waals surface area contributed by atoms with E-state index in [2.05, 4.69) is 14.9 Å².